The molecule has 0 aliphatic carbocycles. The SMILES string of the molecule is CC(C)NCC(O)c1ccc(O)c(O)c1.C[C@@H](CCC(Cl)c1cccc(O)c1)Cc1ccc(OCC(=O)O)cc1.C[C@@H](CCC(Cl)c1cccc(O)c1)Cc1ccc2c(c1)OC(C(=O)O)(C(=O)O)O2. The second-order valence-corrected chi connectivity index (χ2v) is 18.3. The second-order valence-electron chi connectivity index (χ2n) is 17.3. The number of aliphatic carboxylic acids is 3. The number of ether oxygens (including phenoxy) is 3. The van der Waals surface area contributed by atoms with Gasteiger partial charge in [0.05, 0.1) is 16.9 Å². The number of fused-ring (bicyclic) bond motifs is 1. The Morgan fingerprint density at radius 1 is 0.609 bits per heavy atom. The molecule has 0 saturated heterocycles. The third kappa shape index (κ3) is 17.6. The van der Waals surface area contributed by atoms with E-state index in [2.05, 4.69) is 19.2 Å². The number of alkyl halides is 2. The third-order valence-electron chi connectivity index (χ3n) is 10.9. The first-order valence-corrected chi connectivity index (χ1v) is 23.2. The van der Waals surface area contributed by atoms with E-state index in [4.69, 9.17) is 47.6 Å². The highest BCUT2D eigenvalue weighted by molar-refractivity contribution is 6.21. The maximum absolute atomic E-state index is 11.3. The van der Waals surface area contributed by atoms with E-state index in [9.17, 15) is 45.0 Å². The standard InChI is InChI=1S/C21H21ClO7.C20H23ClO4.C11H17NO3/c1-12(5-7-16(22)14-3-2-4-15(23)11-14)9-13-6-8-17-18(10-13)29-21(28-17,19(24)25)20(26)27;1-14(5-10-19(21)16-3-2-4-17(22)12-16)11-15-6-8-18(9-7-15)25-13-20(23)24;1-7(2)12-6-11(15)8-3-4-9(13)10(14)5-8/h2-4,6,8,10-12,16,23H,5,7,9H2,1H3,(H,24,25)(H,26,27);2-4,6-9,12,14,19,22H,5,10-11,13H2,1H3,(H,23,24);3-5,7,11-15H,6H2,1-2H3/t12-,16?;14-,19?;/m00./s1. The van der Waals surface area contributed by atoms with Crippen LogP contribution < -0.4 is 19.5 Å². The Kier molecular flexibility index (Phi) is 21.1. The molecule has 5 aromatic rings. The van der Waals surface area contributed by atoms with E-state index >= 15 is 0 Å². The Morgan fingerprint density at radius 2 is 1.13 bits per heavy atom. The molecule has 0 fully saturated rings. The lowest BCUT2D eigenvalue weighted by Crippen LogP contribution is -2.54. The molecule has 1 aliphatic heterocycles. The van der Waals surface area contributed by atoms with Crippen LogP contribution in [-0.4, -0.2) is 83.7 Å². The summed E-state index contributed by atoms with van der Waals surface area (Å²) in [5, 5.41) is 76.9. The quantitative estimate of drug-likeness (QED) is 0.0188. The number of aliphatic hydroxyl groups excluding tert-OH is 1. The summed E-state index contributed by atoms with van der Waals surface area (Å²) in [4.78, 5) is 33.1. The molecule has 372 valence electrons. The molecule has 0 aromatic heterocycles. The molecule has 1 heterocycles. The number of benzene rings is 5. The van der Waals surface area contributed by atoms with Crippen LogP contribution in [0.4, 0.5) is 0 Å². The van der Waals surface area contributed by atoms with Gasteiger partial charge in [-0.05, 0) is 139 Å². The lowest BCUT2D eigenvalue weighted by molar-refractivity contribution is -0.194. The van der Waals surface area contributed by atoms with Crippen molar-refractivity contribution in [2.24, 2.45) is 11.8 Å². The average Bonchev–Trinajstić information content (AvgIpc) is 3.71. The summed E-state index contributed by atoms with van der Waals surface area (Å²) in [6, 6.07) is 30.9. The molecule has 1 aliphatic rings. The van der Waals surface area contributed by atoms with E-state index in [-0.39, 0.29) is 57.8 Å². The molecule has 5 aromatic carbocycles. The average molecular weight is 995 g/mol. The lowest BCUT2D eigenvalue weighted by atomic mass is 9.94. The summed E-state index contributed by atoms with van der Waals surface area (Å²) in [6.07, 6.45) is 4.27. The monoisotopic (exact) mass is 993 g/mol. The third-order valence-corrected chi connectivity index (χ3v) is 11.9. The van der Waals surface area contributed by atoms with Crippen molar-refractivity contribution in [3.05, 3.63) is 137 Å². The van der Waals surface area contributed by atoms with Crippen molar-refractivity contribution in [1.82, 2.24) is 5.32 Å². The van der Waals surface area contributed by atoms with E-state index < -0.39 is 29.8 Å². The predicted molar refractivity (Wildman–Crippen MR) is 261 cm³/mol. The van der Waals surface area contributed by atoms with Crippen molar-refractivity contribution in [3.8, 4) is 40.2 Å². The molecule has 0 bridgehead atoms. The van der Waals surface area contributed by atoms with Gasteiger partial charge >= 0.3 is 23.7 Å². The molecule has 17 heteroatoms. The minimum atomic E-state index is -2.75. The zero-order chi connectivity index (χ0) is 50.8. The molecular formula is C52H61Cl2NO14. The molecule has 0 amide bonds. The van der Waals surface area contributed by atoms with Gasteiger partial charge in [0.2, 0.25) is 0 Å². The van der Waals surface area contributed by atoms with Crippen LogP contribution in [0.3, 0.4) is 0 Å². The second kappa shape index (κ2) is 26.4. The molecule has 3 unspecified atom stereocenters. The first kappa shape index (κ1) is 55.2. The summed E-state index contributed by atoms with van der Waals surface area (Å²) >= 11 is 12.9. The molecule has 69 heavy (non-hydrogen) atoms. The van der Waals surface area contributed by atoms with Crippen molar-refractivity contribution in [2.45, 2.75) is 94.9 Å². The smallest absolute Gasteiger partial charge is 0.453 e. The Balaban J connectivity index is 0.000000237. The predicted octanol–water partition coefficient (Wildman–Crippen LogP) is 9.89. The number of aromatic hydroxyl groups is 4. The van der Waals surface area contributed by atoms with Gasteiger partial charge in [0, 0.05) is 12.6 Å². The largest absolute Gasteiger partial charge is 0.508 e. The van der Waals surface area contributed by atoms with Gasteiger partial charge in [-0.1, -0.05) is 76.2 Å². The molecule has 15 nitrogen and oxygen atoms in total. The van der Waals surface area contributed by atoms with Crippen LogP contribution in [0, 0.1) is 11.8 Å². The Hall–Kier alpha value is -6.39. The number of hydrogen-bond donors (Lipinski definition) is 9. The molecule has 5 atom stereocenters. The number of nitrogens with one attached hydrogen (secondary N) is 1. The summed E-state index contributed by atoms with van der Waals surface area (Å²) in [7, 11) is 0. The van der Waals surface area contributed by atoms with Gasteiger partial charge in [-0.25, -0.2) is 14.4 Å². The number of carboxylic acids is 3. The topological polar surface area (TPSA) is 253 Å². The molecular weight excluding hydrogens is 933 g/mol. The lowest BCUT2D eigenvalue weighted by Gasteiger charge is -2.17. The number of rotatable bonds is 21. The minimum absolute atomic E-state index is 0.0795. The molecule has 0 spiro atoms. The maximum atomic E-state index is 11.3. The zero-order valence-corrected chi connectivity index (χ0v) is 40.3. The van der Waals surface area contributed by atoms with E-state index in [0.717, 1.165) is 48.8 Å². The normalized spacial score (nSPS) is 14.4. The maximum Gasteiger partial charge on any atom is 0.453 e. The summed E-state index contributed by atoms with van der Waals surface area (Å²) in [5.74, 6) is -5.70. The number of phenolic OH excluding ortho intramolecular Hbond substituents is 4. The Morgan fingerprint density at radius 3 is 1.62 bits per heavy atom. The van der Waals surface area contributed by atoms with Crippen LogP contribution >= 0.6 is 23.2 Å². The van der Waals surface area contributed by atoms with Crippen molar-refractivity contribution >= 4 is 41.1 Å². The van der Waals surface area contributed by atoms with Crippen molar-refractivity contribution in [1.29, 1.82) is 0 Å². The number of carboxylic acid groups (broad SMARTS) is 3. The summed E-state index contributed by atoms with van der Waals surface area (Å²) in [5.41, 5.74) is 4.43. The first-order valence-electron chi connectivity index (χ1n) is 22.4. The molecule has 9 N–H and O–H groups in total. The van der Waals surface area contributed by atoms with Crippen LogP contribution in [0.25, 0.3) is 0 Å². The number of aliphatic hydroxyl groups is 1. The van der Waals surface area contributed by atoms with E-state index in [1.165, 1.54) is 23.8 Å². The van der Waals surface area contributed by atoms with Crippen LogP contribution in [0.5, 0.6) is 40.2 Å². The van der Waals surface area contributed by atoms with E-state index in [0.29, 0.717) is 36.2 Å². The number of halogens is 2. The van der Waals surface area contributed by atoms with Crippen LogP contribution in [0.2, 0.25) is 0 Å². The van der Waals surface area contributed by atoms with Gasteiger partial charge in [-0.15, -0.1) is 23.2 Å². The molecule has 0 saturated carbocycles. The van der Waals surface area contributed by atoms with E-state index in [1.54, 1.807) is 66.7 Å². The summed E-state index contributed by atoms with van der Waals surface area (Å²) < 4.78 is 15.3. The van der Waals surface area contributed by atoms with Crippen molar-refractivity contribution in [2.75, 3.05) is 13.2 Å². The van der Waals surface area contributed by atoms with Gasteiger partial charge in [-0.2, -0.15) is 0 Å². The zero-order valence-electron chi connectivity index (χ0n) is 38.8. The van der Waals surface area contributed by atoms with Gasteiger partial charge in [0.15, 0.2) is 29.6 Å². The highest BCUT2D eigenvalue weighted by Gasteiger charge is 2.57. The highest BCUT2D eigenvalue weighted by atomic mass is 35.5. The van der Waals surface area contributed by atoms with Gasteiger partial charge in [-0.3, -0.25) is 0 Å². The van der Waals surface area contributed by atoms with Gasteiger partial charge < -0.3 is 60.4 Å². The Labute approximate surface area is 411 Å². The number of carbonyl (C=O) groups is 3. The van der Waals surface area contributed by atoms with Crippen molar-refractivity contribution in [3.63, 3.8) is 0 Å². The van der Waals surface area contributed by atoms with Gasteiger partial charge in [0.1, 0.15) is 17.2 Å². The fourth-order valence-corrected chi connectivity index (χ4v) is 7.69. The first-order chi connectivity index (χ1) is 32.6. The minimum Gasteiger partial charge on any atom is -0.508 e. The number of phenols is 4. The highest BCUT2D eigenvalue weighted by Crippen LogP contribution is 2.41. The summed E-state index contributed by atoms with van der Waals surface area (Å²) in [6.45, 7) is 8.31. The fraction of sp³-hybridized carbons (Fsp3) is 0.365. The Bertz CT molecular complexity index is 2440. The molecule has 0 radical (unpaired) electrons. The molecule has 6 rings (SSSR count). The van der Waals surface area contributed by atoms with Crippen LogP contribution in [0.15, 0.2) is 109 Å². The number of hydrogen-bond acceptors (Lipinski definition) is 12. The van der Waals surface area contributed by atoms with Crippen molar-refractivity contribution < 1.29 is 69.4 Å². The van der Waals surface area contributed by atoms with E-state index in [1.807, 2.05) is 38.1 Å². The van der Waals surface area contributed by atoms with Crippen LogP contribution in [0.1, 0.15) is 98.1 Å². The fourth-order valence-electron chi connectivity index (χ4n) is 7.16. The van der Waals surface area contributed by atoms with Crippen LogP contribution in [-0.2, 0) is 27.2 Å². The van der Waals surface area contributed by atoms with Gasteiger partial charge in [0.25, 0.3) is 0 Å².